The molecule has 0 atom stereocenters. The van der Waals surface area contributed by atoms with Crippen LogP contribution in [0.25, 0.3) is 11.1 Å². The van der Waals surface area contributed by atoms with Crippen molar-refractivity contribution in [2.75, 3.05) is 12.3 Å². The summed E-state index contributed by atoms with van der Waals surface area (Å²) in [5, 5.41) is 9.77. The predicted molar refractivity (Wildman–Crippen MR) is 117 cm³/mol. The van der Waals surface area contributed by atoms with E-state index in [0.29, 0.717) is 23.7 Å². The topological polar surface area (TPSA) is 81.2 Å². The molecule has 31 heavy (non-hydrogen) atoms. The number of ether oxygens (including phenoxy) is 2. The van der Waals surface area contributed by atoms with Gasteiger partial charge in [-0.3, -0.25) is 0 Å². The standard InChI is InChI=1S/C25H24FN3O2/c1-2-30-23-13-17(10-11-22(23)31-15-16-6-5-7-18(26)12-16)24-19-8-3-4-9-21(19)29-25(28)20(24)14-27/h5-7,10-13H,2-4,8-9,15H2,1H3,(H2,28,29). The van der Waals surface area contributed by atoms with E-state index in [1.165, 1.54) is 12.1 Å². The lowest BCUT2D eigenvalue weighted by molar-refractivity contribution is 0.269. The summed E-state index contributed by atoms with van der Waals surface area (Å²) in [6, 6.07) is 14.2. The minimum Gasteiger partial charge on any atom is -0.490 e. The zero-order chi connectivity index (χ0) is 21.8. The molecule has 0 unspecified atom stereocenters. The van der Waals surface area contributed by atoms with Crippen LogP contribution in [0.3, 0.4) is 0 Å². The monoisotopic (exact) mass is 417 g/mol. The number of nitrogen functional groups attached to an aromatic ring is 1. The van der Waals surface area contributed by atoms with E-state index in [0.717, 1.165) is 53.6 Å². The van der Waals surface area contributed by atoms with E-state index in [-0.39, 0.29) is 18.2 Å². The number of hydrogen-bond acceptors (Lipinski definition) is 5. The predicted octanol–water partition coefficient (Wildman–Crippen LogP) is 5.20. The molecule has 6 heteroatoms. The first-order valence-corrected chi connectivity index (χ1v) is 10.5. The molecule has 4 rings (SSSR count). The lowest BCUT2D eigenvalue weighted by Gasteiger charge is -2.22. The fourth-order valence-corrected chi connectivity index (χ4v) is 4.03. The van der Waals surface area contributed by atoms with Crippen LogP contribution >= 0.6 is 0 Å². The summed E-state index contributed by atoms with van der Waals surface area (Å²) in [5.41, 5.74) is 11.0. The summed E-state index contributed by atoms with van der Waals surface area (Å²) >= 11 is 0. The maximum absolute atomic E-state index is 13.5. The van der Waals surface area contributed by atoms with Gasteiger partial charge in [-0.15, -0.1) is 0 Å². The van der Waals surface area contributed by atoms with E-state index in [9.17, 15) is 9.65 Å². The Morgan fingerprint density at radius 1 is 1.10 bits per heavy atom. The van der Waals surface area contributed by atoms with E-state index in [1.54, 1.807) is 6.07 Å². The minimum absolute atomic E-state index is 0.220. The van der Waals surface area contributed by atoms with Crippen LogP contribution in [0.5, 0.6) is 11.5 Å². The summed E-state index contributed by atoms with van der Waals surface area (Å²) in [7, 11) is 0. The van der Waals surface area contributed by atoms with Crippen molar-refractivity contribution < 1.29 is 13.9 Å². The molecule has 1 heterocycles. The number of aromatic nitrogens is 1. The van der Waals surface area contributed by atoms with Crippen molar-refractivity contribution >= 4 is 5.82 Å². The zero-order valence-electron chi connectivity index (χ0n) is 17.5. The summed E-state index contributed by atoms with van der Waals surface area (Å²) in [5.74, 6) is 1.10. The normalized spacial score (nSPS) is 12.7. The van der Waals surface area contributed by atoms with Crippen molar-refractivity contribution in [1.82, 2.24) is 4.98 Å². The third-order valence-corrected chi connectivity index (χ3v) is 5.43. The molecule has 0 aliphatic heterocycles. The van der Waals surface area contributed by atoms with E-state index in [2.05, 4.69) is 11.1 Å². The van der Waals surface area contributed by atoms with Crippen LogP contribution in [0.2, 0.25) is 0 Å². The Kier molecular flexibility index (Phi) is 6.03. The van der Waals surface area contributed by atoms with Crippen LogP contribution in [0.4, 0.5) is 10.2 Å². The number of aryl methyl sites for hydroxylation is 1. The van der Waals surface area contributed by atoms with Gasteiger partial charge in [-0.1, -0.05) is 18.2 Å². The van der Waals surface area contributed by atoms with E-state index in [1.807, 2.05) is 31.2 Å². The lowest BCUT2D eigenvalue weighted by Crippen LogP contribution is -2.12. The molecule has 158 valence electrons. The number of benzene rings is 2. The number of halogens is 1. The van der Waals surface area contributed by atoms with Crippen LogP contribution in [0, 0.1) is 17.1 Å². The highest BCUT2D eigenvalue weighted by Gasteiger charge is 2.23. The second-order valence-corrected chi connectivity index (χ2v) is 7.50. The molecule has 0 amide bonds. The SMILES string of the molecule is CCOc1cc(-c2c(C#N)c(N)nc3c2CCCC3)ccc1OCc1cccc(F)c1. The maximum Gasteiger partial charge on any atom is 0.161 e. The third-order valence-electron chi connectivity index (χ3n) is 5.43. The van der Waals surface area contributed by atoms with E-state index >= 15 is 0 Å². The zero-order valence-corrected chi connectivity index (χ0v) is 17.5. The largest absolute Gasteiger partial charge is 0.490 e. The Morgan fingerprint density at radius 3 is 2.71 bits per heavy atom. The Labute approximate surface area is 181 Å². The van der Waals surface area contributed by atoms with Crippen molar-refractivity contribution in [2.24, 2.45) is 0 Å². The van der Waals surface area contributed by atoms with Gasteiger partial charge < -0.3 is 15.2 Å². The quantitative estimate of drug-likeness (QED) is 0.596. The minimum atomic E-state index is -0.300. The molecule has 5 nitrogen and oxygen atoms in total. The van der Waals surface area contributed by atoms with E-state index < -0.39 is 0 Å². The first-order chi connectivity index (χ1) is 15.1. The average molecular weight is 417 g/mol. The van der Waals surface area contributed by atoms with Gasteiger partial charge in [0.25, 0.3) is 0 Å². The fraction of sp³-hybridized carbons (Fsp3) is 0.280. The smallest absolute Gasteiger partial charge is 0.161 e. The van der Waals surface area contributed by atoms with Crippen molar-refractivity contribution in [3.63, 3.8) is 0 Å². The van der Waals surface area contributed by atoms with Crippen LogP contribution in [-0.4, -0.2) is 11.6 Å². The summed E-state index contributed by atoms with van der Waals surface area (Å²) in [4.78, 5) is 4.49. The van der Waals surface area contributed by atoms with Crippen LogP contribution in [0.1, 0.15) is 42.1 Å². The average Bonchev–Trinajstić information content (AvgIpc) is 2.77. The molecule has 1 aliphatic rings. The molecule has 0 saturated heterocycles. The lowest BCUT2D eigenvalue weighted by atomic mass is 9.86. The van der Waals surface area contributed by atoms with Gasteiger partial charge in [0.2, 0.25) is 0 Å². The molecule has 0 radical (unpaired) electrons. The second-order valence-electron chi connectivity index (χ2n) is 7.50. The molecular formula is C25H24FN3O2. The molecule has 0 fully saturated rings. The Balaban J connectivity index is 1.73. The number of anilines is 1. The third kappa shape index (κ3) is 4.31. The molecule has 2 aromatic carbocycles. The highest BCUT2D eigenvalue weighted by Crippen LogP contribution is 2.39. The summed E-state index contributed by atoms with van der Waals surface area (Å²) in [6.07, 6.45) is 3.87. The molecule has 0 saturated carbocycles. The Hall–Kier alpha value is -3.59. The van der Waals surface area contributed by atoms with Crippen molar-refractivity contribution in [3.8, 4) is 28.7 Å². The van der Waals surface area contributed by atoms with Crippen molar-refractivity contribution in [2.45, 2.75) is 39.2 Å². The summed E-state index contributed by atoms with van der Waals surface area (Å²) in [6.45, 7) is 2.58. The van der Waals surface area contributed by atoms with Gasteiger partial charge >= 0.3 is 0 Å². The van der Waals surface area contributed by atoms with Crippen LogP contribution < -0.4 is 15.2 Å². The van der Waals surface area contributed by atoms with Gasteiger partial charge in [-0.2, -0.15) is 5.26 Å². The molecule has 0 spiro atoms. The van der Waals surface area contributed by atoms with Crippen molar-refractivity contribution in [1.29, 1.82) is 5.26 Å². The molecule has 1 aliphatic carbocycles. The summed E-state index contributed by atoms with van der Waals surface area (Å²) < 4.78 is 25.2. The Bertz CT molecular complexity index is 1150. The van der Waals surface area contributed by atoms with Gasteiger partial charge in [-0.05, 0) is 73.6 Å². The number of nitrogens with zero attached hydrogens (tertiary/aromatic N) is 2. The second kappa shape index (κ2) is 9.05. The highest BCUT2D eigenvalue weighted by molar-refractivity contribution is 5.80. The number of nitrogens with two attached hydrogens (primary N) is 1. The van der Waals surface area contributed by atoms with Crippen LogP contribution in [-0.2, 0) is 19.4 Å². The molecule has 2 N–H and O–H groups in total. The fourth-order valence-electron chi connectivity index (χ4n) is 4.03. The van der Waals surface area contributed by atoms with Crippen molar-refractivity contribution in [3.05, 3.63) is 70.7 Å². The van der Waals surface area contributed by atoms with Crippen LogP contribution in [0.15, 0.2) is 42.5 Å². The number of nitriles is 1. The number of fused-ring (bicyclic) bond motifs is 1. The highest BCUT2D eigenvalue weighted by atomic mass is 19.1. The molecular weight excluding hydrogens is 393 g/mol. The first-order valence-electron chi connectivity index (χ1n) is 10.5. The number of pyridine rings is 1. The van der Waals surface area contributed by atoms with Gasteiger partial charge in [0, 0.05) is 11.3 Å². The number of hydrogen-bond donors (Lipinski definition) is 1. The Morgan fingerprint density at radius 2 is 1.94 bits per heavy atom. The van der Waals surface area contributed by atoms with Gasteiger partial charge in [-0.25, -0.2) is 9.37 Å². The van der Waals surface area contributed by atoms with Gasteiger partial charge in [0.1, 0.15) is 29.9 Å². The van der Waals surface area contributed by atoms with Gasteiger partial charge in [0.05, 0.1) is 6.61 Å². The first kappa shape index (κ1) is 20.7. The van der Waals surface area contributed by atoms with Gasteiger partial charge in [0.15, 0.2) is 11.5 Å². The molecule has 3 aromatic rings. The van der Waals surface area contributed by atoms with E-state index in [4.69, 9.17) is 15.2 Å². The maximum atomic E-state index is 13.5. The number of rotatable bonds is 6. The molecule has 1 aromatic heterocycles. The molecule has 0 bridgehead atoms.